The van der Waals surface area contributed by atoms with E-state index in [1.54, 1.807) is 17.6 Å². The zero-order chi connectivity index (χ0) is 7.23. The van der Waals surface area contributed by atoms with Crippen LogP contribution in [0, 0.1) is 0 Å². The molecule has 0 aromatic carbocycles. The van der Waals surface area contributed by atoms with E-state index < -0.39 is 0 Å². The topological polar surface area (TPSA) is 24.5 Å². The van der Waals surface area contributed by atoms with Crippen LogP contribution in [0.3, 0.4) is 0 Å². The summed E-state index contributed by atoms with van der Waals surface area (Å²) in [5.41, 5.74) is 2.95. The molecular formula is C7H14N2O. The Balaban J connectivity index is 1.93. The van der Waals surface area contributed by atoms with Crippen LogP contribution in [0.15, 0.2) is 12.5 Å². The third-order valence-corrected chi connectivity index (χ3v) is 1.44. The van der Waals surface area contributed by atoms with Crippen molar-refractivity contribution in [2.24, 2.45) is 0 Å². The maximum absolute atomic E-state index is 5.04. The monoisotopic (exact) mass is 142 g/mol. The summed E-state index contributed by atoms with van der Waals surface area (Å²) < 4.78 is 0. The van der Waals surface area contributed by atoms with Crippen molar-refractivity contribution >= 4 is 0 Å². The van der Waals surface area contributed by atoms with Gasteiger partial charge in [0, 0.05) is 0 Å². The molecule has 1 rings (SSSR count). The fraction of sp³-hybridized carbons (Fsp3) is 0.714. The van der Waals surface area contributed by atoms with Gasteiger partial charge >= 0.3 is 0 Å². The van der Waals surface area contributed by atoms with Gasteiger partial charge in [0.2, 0.25) is 0 Å². The van der Waals surface area contributed by atoms with E-state index in [0.717, 1.165) is 6.54 Å². The molecule has 0 aliphatic carbocycles. The molecule has 0 aromatic rings. The second kappa shape index (κ2) is 4.17. The number of hydrogen-bond acceptors (Lipinski definition) is 3. The number of nitrogens with one attached hydrogen (secondary N) is 1. The molecule has 1 aliphatic rings. The first-order valence-corrected chi connectivity index (χ1v) is 3.79. The molecular weight excluding hydrogens is 128 g/mol. The lowest BCUT2D eigenvalue weighted by Crippen LogP contribution is -2.29. The van der Waals surface area contributed by atoms with Crippen LogP contribution in [-0.2, 0) is 4.84 Å². The smallest absolute Gasteiger partial charge is 0.131 e. The molecule has 0 aromatic heterocycles. The number of hydrogen-bond donors (Lipinski definition) is 1. The molecule has 0 saturated heterocycles. The Kier molecular flexibility index (Phi) is 3.09. The summed E-state index contributed by atoms with van der Waals surface area (Å²) in [6.45, 7) is 3.15. The van der Waals surface area contributed by atoms with Crippen LogP contribution in [0.4, 0.5) is 0 Å². The maximum atomic E-state index is 5.04. The second-order valence-electron chi connectivity index (χ2n) is 2.35. The van der Waals surface area contributed by atoms with Gasteiger partial charge in [-0.05, 0) is 6.42 Å². The molecule has 0 unspecified atom stereocenters. The Bertz CT molecular complexity index is 106. The molecule has 0 amide bonds. The van der Waals surface area contributed by atoms with Gasteiger partial charge in [-0.3, -0.25) is 5.43 Å². The van der Waals surface area contributed by atoms with Gasteiger partial charge in [0.1, 0.15) is 6.26 Å². The summed E-state index contributed by atoms with van der Waals surface area (Å²) >= 11 is 0. The Labute approximate surface area is 61.6 Å². The van der Waals surface area contributed by atoms with E-state index in [9.17, 15) is 0 Å². The quantitative estimate of drug-likeness (QED) is 0.600. The van der Waals surface area contributed by atoms with E-state index in [-0.39, 0.29) is 0 Å². The summed E-state index contributed by atoms with van der Waals surface area (Å²) in [6.07, 6.45) is 7.13. The van der Waals surface area contributed by atoms with Gasteiger partial charge in [0.05, 0.1) is 12.7 Å². The predicted molar refractivity (Wildman–Crippen MR) is 39.6 cm³/mol. The van der Waals surface area contributed by atoms with E-state index in [1.165, 1.54) is 19.3 Å². The normalized spacial score (nSPS) is 16.9. The molecule has 0 saturated carbocycles. The summed E-state index contributed by atoms with van der Waals surface area (Å²) in [7, 11) is 0. The van der Waals surface area contributed by atoms with Crippen molar-refractivity contribution in [3.05, 3.63) is 12.5 Å². The second-order valence-corrected chi connectivity index (χ2v) is 2.35. The van der Waals surface area contributed by atoms with Crippen molar-refractivity contribution < 1.29 is 4.84 Å². The van der Waals surface area contributed by atoms with Crippen LogP contribution in [0.25, 0.3) is 0 Å². The highest BCUT2D eigenvalue weighted by Crippen LogP contribution is 1.99. The average Bonchev–Trinajstić information content (AvgIpc) is 2.41. The standard InChI is InChI=1S/C7H14N2O/c1-2-3-4-6-9-8-5-7-10-9/h5,7-8H,2-4,6H2,1H3. The third kappa shape index (κ3) is 2.27. The van der Waals surface area contributed by atoms with E-state index in [4.69, 9.17) is 4.84 Å². The minimum atomic E-state index is 0.959. The molecule has 10 heavy (non-hydrogen) atoms. The van der Waals surface area contributed by atoms with E-state index in [2.05, 4.69) is 12.3 Å². The highest BCUT2D eigenvalue weighted by molar-refractivity contribution is 4.72. The molecule has 0 spiro atoms. The zero-order valence-electron chi connectivity index (χ0n) is 6.34. The summed E-state index contributed by atoms with van der Waals surface area (Å²) in [4.78, 5) is 5.04. The molecule has 0 atom stereocenters. The van der Waals surface area contributed by atoms with Crippen LogP contribution < -0.4 is 5.43 Å². The van der Waals surface area contributed by atoms with Crippen LogP contribution in [0.2, 0.25) is 0 Å². The van der Waals surface area contributed by atoms with Gasteiger partial charge in [-0.1, -0.05) is 24.9 Å². The molecule has 1 heterocycles. The lowest BCUT2D eigenvalue weighted by molar-refractivity contribution is -0.113. The third-order valence-electron chi connectivity index (χ3n) is 1.44. The molecule has 1 aliphatic heterocycles. The van der Waals surface area contributed by atoms with Crippen molar-refractivity contribution in [3.63, 3.8) is 0 Å². The van der Waals surface area contributed by atoms with Crippen LogP contribution in [0.5, 0.6) is 0 Å². The first-order chi connectivity index (χ1) is 4.93. The van der Waals surface area contributed by atoms with Crippen molar-refractivity contribution in [2.45, 2.75) is 26.2 Å². The maximum Gasteiger partial charge on any atom is 0.131 e. The molecule has 3 heteroatoms. The molecule has 0 radical (unpaired) electrons. The minimum absolute atomic E-state index is 0.959. The molecule has 58 valence electrons. The van der Waals surface area contributed by atoms with Gasteiger partial charge in [0.25, 0.3) is 0 Å². The van der Waals surface area contributed by atoms with Crippen molar-refractivity contribution in [3.8, 4) is 0 Å². The lowest BCUT2D eigenvalue weighted by atomic mass is 10.2. The van der Waals surface area contributed by atoms with Gasteiger partial charge in [-0.25, -0.2) is 0 Å². The van der Waals surface area contributed by atoms with Crippen molar-refractivity contribution in [1.29, 1.82) is 0 Å². The van der Waals surface area contributed by atoms with Crippen LogP contribution in [0.1, 0.15) is 26.2 Å². The van der Waals surface area contributed by atoms with Gasteiger partial charge in [0.15, 0.2) is 0 Å². The van der Waals surface area contributed by atoms with E-state index in [1.807, 2.05) is 0 Å². The number of hydrazine groups is 1. The largest absolute Gasteiger partial charge is 0.393 e. The van der Waals surface area contributed by atoms with Gasteiger partial charge < -0.3 is 4.84 Å². The highest BCUT2D eigenvalue weighted by atomic mass is 16.7. The molecule has 0 bridgehead atoms. The Morgan fingerprint density at radius 2 is 2.40 bits per heavy atom. The van der Waals surface area contributed by atoms with Crippen molar-refractivity contribution in [2.75, 3.05) is 6.54 Å². The Morgan fingerprint density at radius 3 is 3.00 bits per heavy atom. The number of unbranched alkanes of at least 4 members (excludes halogenated alkanes) is 2. The van der Waals surface area contributed by atoms with E-state index >= 15 is 0 Å². The molecule has 3 nitrogen and oxygen atoms in total. The number of nitrogens with zero attached hydrogens (tertiary/aromatic N) is 1. The fourth-order valence-corrected chi connectivity index (χ4v) is 0.871. The average molecular weight is 142 g/mol. The van der Waals surface area contributed by atoms with Crippen molar-refractivity contribution in [1.82, 2.24) is 10.6 Å². The predicted octanol–water partition coefficient (Wildman–Crippen LogP) is 1.40. The zero-order valence-corrected chi connectivity index (χ0v) is 6.34. The fourth-order valence-electron chi connectivity index (χ4n) is 0.871. The van der Waals surface area contributed by atoms with Gasteiger partial charge in [-0.2, -0.15) is 0 Å². The summed E-state index contributed by atoms with van der Waals surface area (Å²) in [5.74, 6) is 0. The van der Waals surface area contributed by atoms with Crippen LogP contribution >= 0.6 is 0 Å². The van der Waals surface area contributed by atoms with Gasteiger partial charge in [-0.15, -0.1) is 0 Å². The molecule has 1 N–H and O–H groups in total. The summed E-state index contributed by atoms with van der Waals surface area (Å²) in [6, 6.07) is 0. The molecule has 0 fully saturated rings. The Morgan fingerprint density at radius 1 is 1.50 bits per heavy atom. The Hall–Kier alpha value is -0.700. The highest BCUT2D eigenvalue weighted by Gasteiger charge is 2.03. The number of rotatable bonds is 4. The lowest BCUT2D eigenvalue weighted by Gasteiger charge is -2.12. The summed E-state index contributed by atoms with van der Waals surface area (Å²) in [5, 5.41) is 1.73. The SMILES string of the molecule is CCCCCN1NC=CO1. The first-order valence-electron chi connectivity index (χ1n) is 3.79. The minimum Gasteiger partial charge on any atom is -0.393 e. The number of hydroxylamine groups is 1. The van der Waals surface area contributed by atoms with E-state index in [0.29, 0.717) is 0 Å². The first kappa shape index (κ1) is 7.41. The van der Waals surface area contributed by atoms with Crippen LogP contribution in [-0.4, -0.2) is 11.7 Å².